The number of halogens is 1. The molecule has 0 radical (unpaired) electrons. The van der Waals surface area contributed by atoms with E-state index in [9.17, 15) is 4.79 Å². The number of benzene rings is 1. The second-order valence-electron chi connectivity index (χ2n) is 2.87. The second kappa shape index (κ2) is 3.46. The third-order valence-corrected chi connectivity index (χ3v) is 2.64. The highest BCUT2D eigenvalue weighted by molar-refractivity contribution is 9.10. The normalized spacial score (nSPS) is 10.4. The summed E-state index contributed by atoms with van der Waals surface area (Å²) in [6.07, 6.45) is 1.62. The first-order valence-corrected chi connectivity index (χ1v) is 4.86. The summed E-state index contributed by atoms with van der Waals surface area (Å²) in [7, 11) is 1.59. The number of hydrogen-bond acceptors (Lipinski definition) is 2. The quantitative estimate of drug-likeness (QED) is 0.848. The highest BCUT2D eigenvalue weighted by Crippen LogP contribution is 2.25. The average Bonchev–Trinajstić information content (AvgIpc) is 2.17. The van der Waals surface area contributed by atoms with Crippen molar-refractivity contribution in [2.24, 2.45) is 0 Å². The lowest BCUT2D eigenvalue weighted by molar-refractivity contribution is 0.415. The molecule has 2 aromatic rings. The number of hydrogen-bond donors (Lipinski definition) is 1. The van der Waals surface area contributed by atoms with Gasteiger partial charge in [0.25, 0.3) is 0 Å². The Morgan fingerprint density at radius 3 is 2.93 bits per heavy atom. The van der Waals surface area contributed by atoms with Crippen molar-refractivity contribution < 1.29 is 4.74 Å². The number of aromatic nitrogens is 1. The van der Waals surface area contributed by atoms with Crippen LogP contribution in [0.15, 0.2) is 33.7 Å². The molecule has 0 fully saturated rings. The predicted molar refractivity (Wildman–Crippen MR) is 58.8 cm³/mol. The maximum Gasteiger partial charge on any atom is 0.190 e. The third-order valence-electron chi connectivity index (χ3n) is 2.02. The van der Waals surface area contributed by atoms with E-state index in [4.69, 9.17) is 4.74 Å². The molecule has 1 heterocycles. The number of aromatic amines is 1. The fraction of sp³-hybridized carbons (Fsp3) is 0.100. The number of methoxy groups -OCH3 is 1. The molecule has 0 aliphatic carbocycles. The summed E-state index contributed by atoms with van der Waals surface area (Å²) in [6, 6.07) is 5.07. The van der Waals surface area contributed by atoms with Crippen molar-refractivity contribution in [2.75, 3.05) is 7.11 Å². The number of nitrogens with one attached hydrogen (secondary N) is 1. The van der Waals surface area contributed by atoms with E-state index < -0.39 is 0 Å². The van der Waals surface area contributed by atoms with Crippen LogP contribution in [0, 0.1) is 0 Å². The fourth-order valence-corrected chi connectivity index (χ4v) is 1.99. The minimum Gasteiger partial charge on any atom is -0.497 e. The van der Waals surface area contributed by atoms with Crippen molar-refractivity contribution in [2.45, 2.75) is 0 Å². The van der Waals surface area contributed by atoms with E-state index in [0.29, 0.717) is 11.1 Å². The Hall–Kier alpha value is -1.29. The summed E-state index contributed by atoms with van der Waals surface area (Å²) in [5.74, 6) is 0.714. The number of H-pyrrole nitrogens is 1. The summed E-state index contributed by atoms with van der Waals surface area (Å²) in [5.41, 5.74) is 0.761. The summed E-state index contributed by atoms with van der Waals surface area (Å²) >= 11 is 3.34. The molecule has 0 atom stereocenters. The summed E-state index contributed by atoms with van der Waals surface area (Å²) in [6.45, 7) is 0. The lowest BCUT2D eigenvalue weighted by Crippen LogP contribution is -2.01. The van der Waals surface area contributed by atoms with Crippen molar-refractivity contribution >= 4 is 26.8 Å². The first kappa shape index (κ1) is 9.27. The Morgan fingerprint density at radius 2 is 2.21 bits per heavy atom. The van der Waals surface area contributed by atoms with Crippen molar-refractivity contribution in [1.29, 1.82) is 0 Å². The van der Waals surface area contributed by atoms with Gasteiger partial charge in [-0.3, -0.25) is 4.79 Å². The van der Waals surface area contributed by atoms with Gasteiger partial charge in [0.1, 0.15) is 5.75 Å². The van der Waals surface area contributed by atoms with Crippen LogP contribution in [0.3, 0.4) is 0 Å². The first-order chi connectivity index (χ1) is 6.72. The van der Waals surface area contributed by atoms with Crippen molar-refractivity contribution in [3.8, 4) is 5.75 Å². The molecular weight excluding hydrogens is 246 g/mol. The van der Waals surface area contributed by atoms with Gasteiger partial charge in [0, 0.05) is 22.8 Å². The maximum atomic E-state index is 11.5. The molecule has 4 heteroatoms. The minimum atomic E-state index is -0.00622. The molecule has 1 N–H and O–H groups in total. The van der Waals surface area contributed by atoms with Crippen LogP contribution >= 0.6 is 15.9 Å². The molecule has 1 aromatic heterocycles. The predicted octanol–water partition coefficient (Wildman–Crippen LogP) is 2.30. The van der Waals surface area contributed by atoms with Crippen LogP contribution < -0.4 is 10.2 Å². The molecule has 0 aliphatic rings. The lowest BCUT2D eigenvalue weighted by atomic mass is 10.2. The summed E-state index contributed by atoms with van der Waals surface area (Å²) < 4.78 is 5.84. The summed E-state index contributed by atoms with van der Waals surface area (Å²) in [5, 5.41) is 0.647. The molecule has 0 bridgehead atoms. The molecule has 0 saturated carbocycles. The topological polar surface area (TPSA) is 42.1 Å². The van der Waals surface area contributed by atoms with Crippen molar-refractivity contribution in [1.82, 2.24) is 4.98 Å². The van der Waals surface area contributed by atoms with Gasteiger partial charge in [-0.1, -0.05) is 0 Å². The Balaban J connectivity index is 2.90. The smallest absolute Gasteiger partial charge is 0.190 e. The Bertz CT molecular complexity index is 533. The maximum absolute atomic E-state index is 11.5. The van der Waals surface area contributed by atoms with Crippen molar-refractivity contribution in [3.05, 3.63) is 39.1 Å². The minimum absolute atomic E-state index is 0.00622. The van der Waals surface area contributed by atoms with Crippen LogP contribution in [-0.2, 0) is 0 Å². The average molecular weight is 254 g/mol. The number of fused-ring (bicyclic) bond motifs is 1. The fourth-order valence-electron chi connectivity index (χ4n) is 1.35. The molecule has 0 spiro atoms. The zero-order valence-corrected chi connectivity index (χ0v) is 9.09. The van der Waals surface area contributed by atoms with E-state index in [1.54, 1.807) is 25.4 Å². The SMILES string of the molecule is COc1cc(Br)c2c(=O)cc[nH]c2c1. The Labute approximate surface area is 88.8 Å². The number of rotatable bonds is 1. The monoisotopic (exact) mass is 253 g/mol. The molecule has 2 rings (SSSR count). The number of pyridine rings is 1. The second-order valence-corrected chi connectivity index (χ2v) is 3.73. The van der Waals surface area contributed by atoms with Gasteiger partial charge < -0.3 is 9.72 Å². The molecule has 1 aromatic carbocycles. The Kier molecular flexibility index (Phi) is 2.29. The lowest BCUT2D eigenvalue weighted by Gasteiger charge is -2.03. The molecule has 0 saturated heterocycles. The van der Waals surface area contributed by atoms with E-state index in [1.165, 1.54) is 6.07 Å². The van der Waals surface area contributed by atoms with Crippen LogP contribution in [0.2, 0.25) is 0 Å². The van der Waals surface area contributed by atoms with E-state index in [0.717, 1.165) is 9.99 Å². The molecule has 14 heavy (non-hydrogen) atoms. The van der Waals surface area contributed by atoms with Crippen LogP contribution in [0.25, 0.3) is 10.9 Å². The van der Waals surface area contributed by atoms with Gasteiger partial charge in [0.2, 0.25) is 0 Å². The van der Waals surface area contributed by atoms with Gasteiger partial charge in [-0.25, -0.2) is 0 Å². The highest BCUT2D eigenvalue weighted by Gasteiger charge is 2.05. The van der Waals surface area contributed by atoms with Crippen molar-refractivity contribution in [3.63, 3.8) is 0 Å². The first-order valence-electron chi connectivity index (χ1n) is 4.07. The van der Waals surface area contributed by atoms with Crippen LogP contribution in [0.1, 0.15) is 0 Å². The molecule has 72 valence electrons. The number of ether oxygens (including phenoxy) is 1. The van der Waals surface area contributed by atoms with E-state index >= 15 is 0 Å². The largest absolute Gasteiger partial charge is 0.497 e. The third kappa shape index (κ3) is 1.42. The van der Waals surface area contributed by atoms with E-state index in [-0.39, 0.29) is 5.43 Å². The zero-order valence-electron chi connectivity index (χ0n) is 7.50. The van der Waals surface area contributed by atoms with Gasteiger partial charge >= 0.3 is 0 Å². The zero-order chi connectivity index (χ0) is 10.1. The molecule has 0 aliphatic heterocycles. The highest BCUT2D eigenvalue weighted by atomic mass is 79.9. The summed E-state index contributed by atoms with van der Waals surface area (Å²) in [4.78, 5) is 14.5. The van der Waals surface area contributed by atoms with Crippen LogP contribution in [-0.4, -0.2) is 12.1 Å². The van der Waals surface area contributed by atoms with Gasteiger partial charge in [-0.2, -0.15) is 0 Å². The van der Waals surface area contributed by atoms with Crippen LogP contribution in [0.4, 0.5) is 0 Å². The van der Waals surface area contributed by atoms with Gasteiger partial charge in [0.15, 0.2) is 5.43 Å². The standard InChI is InChI=1S/C10H8BrNO2/c1-14-6-4-7(11)10-8(5-6)12-3-2-9(10)13/h2-5H,1H3,(H,12,13). The van der Waals surface area contributed by atoms with Gasteiger partial charge in [-0.05, 0) is 22.0 Å². The van der Waals surface area contributed by atoms with Gasteiger partial charge in [0.05, 0.1) is 18.0 Å². The van der Waals surface area contributed by atoms with E-state index in [2.05, 4.69) is 20.9 Å². The molecule has 3 nitrogen and oxygen atoms in total. The molecular formula is C10H8BrNO2. The molecule has 0 unspecified atom stereocenters. The molecule has 0 amide bonds. The van der Waals surface area contributed by atoms with E-state index in [1.807, 2.05) is 0 Å². The Morgan fingerprint density at radius 1 is 1.43 bits per heavy atom. The van der Waals surface area contributed by atoms with Gasteiger partial charge in [-0.15, -0.1) is 0 Å². The van der Waals surface area contributed by atoms with Crippen LogP contribution in [0.5, 0.6) is 5.75 Å².